The summed E-state index contributed by atoms with van der Waals surface area (Å²) in [5.74, 6) is 0.442. The third-order valence-corrected chi connectivity index (χ3v) is 12.7. The number of hydrogen-bond donors (Lipinski definition) is 0. The van der Waals surface area contributed by atoms with Gasteiger partial charge in [-0.25, -0.2) is 0 Å². The summed E-state index contributed by atoms with van der Waals surface area (Å²) in [6.07, 6.45) is 0. The van der Waals surface area contributed by atoms with E-state index < -0.39 is 0 Å². The predicted octanol–water partition coefficient (Wildman–Crippen LogP) is 17.4. The molecule has 0 saturated heterocycles. The highest BCUT2D eigenvalue weighted by Gasteiger charge is 2.21. The molecule has 288 valence electrons. The van der Waals surface area contributed by atoms with Crippen molar-refractivity contribution in [2.75, 3.05) is 0 Å². The molecule has 0 bridgehead atoms. The van der Waals surface area contributed by atoms with Crippen LogP contribution in [0, 0.1) is 0 Å². The number of fused-ring (bicyclic) bond motifs is 4. The van der Waals surface area contributed by atoms with Gasteiger partial charge in [0.25, 0.3) is 0 Å². The zero-order chi connectivity index (χ0) is 40.9. The van der Waals surface area contributed by atoms with Crippen LogP contribution in [-0.4, -0.2) is 0 Å². The predicted molar refractivity (Wildman–Crippen MR) is 263 cm³/mol. The maximum absolute atomic E-state index is 2.44. The quantitative estimate of drug-likeness (QED) is 0.141. The van der Waals surface area contributed by atoms with Gasteiger partial charge in [0.2, 0.25) is 0 Å². The fourth-order valence-electron chi connectivity index (χ4n) is 9.61. The van der Waals surface area contributed by atoms with E-state index in [2.05, 4.69) is 238 Å². The van der Waals surface area contributed by atoms with Crippen LogP contribution < -0.4 is 0 Å². The van der Waals surface area contributed by atoms with Crippen LogP contribution in [0.3, 0.4) is 0 Å². The average molecular weight is 777 g/mol. The molecule has 0 radical (unpaired) electrons. The van der Waals surface area contributed by atoms with Gasteiger partial charge < -0.3 is 0 Å². The fraction of sp³-hybridized carbons (Fsp3) is 0.0492. The normalized spacial score (nSPS) is 11.6. The van der Waals surface area contributed by atoms with Crippen LogP contribution in [0.1, 0.15) is 25.3 Å². The first-order chi connectivity index (χ1) is 30.1. The van der Waals surface area contributed by atoms with E-state index in [9.17, 15) is 0 Å². The number of benzene rings is 11. The summed E-state index contributed by atoms with van der Waals surface area (Å²) in [5, 5.41) is 10.1. The molecule has 0 aromatic heterocycles. The Balaban J connectivity index is 1.10. The van der Waals surface area contributed by atoms with Gasteiger partial charge in [-0.3, -0.25) is 0 Å². The zero-order valence-corrected chi connectivity index (χ0v) is 34.4. The molecule has 0 nitrogen and oxygen atoms in total. The number of hydrogen-bond acceptors (Lipinski definition) is 0. The summed E-state index contributed by atoms with van der Waals surface area (Å²) in [4.78, 5) is 0. The van der Waals surface area contributed by atoms with Crippen LogP contribution in [0.5, 0.6) is 0 Å². The molecular weight excluding hydrogens is 733 g/mol. The van der Waals surface area contributed by atoms with Gasteiger partial charge in [-0.2, -0.15) is 0 Å². The van der Waals surface area contributed by atoms with Crippen LogP contribution in [0.25, 0.3) is 110 Å². The lowest BCUT2D eigenvalue weighted by Crippen LogP contribution is -1.95. The molecule has 61 heavy (non-hydrogen) atoms. The van der Waals surface area contributed by atoms with Crippen molar-refractivity contribution in [3.05, 3.63) is 230 Å². The van der Waals surface area contributed by atoms with Crippen molar-refractivity contribution in [2.45, 2.75) is 19.8 Å². The molecule has 11 aromatic carbocycles. The van der Waals surface area contributed by atoms with Crippen LogP contribution in [0.15, 0.2) is 224 Å². The molecule has 0 amide bonds. The Morgan fingerprint density at radius 3 is 1.31 bits per heavy atom. The SMILES string of the molecule is CC(C)c1cccc(-c2c3ccccc3c(-c3cc(-c4ccc(-c5cccc(-c6cccc7ccccc67)c5)cc4)ccc3-c3cccc4ccccc34)c3ccccc23)c1. The van der Waals surface area contributed by atoms with Crippen LogP contribution in [-0.2, 0) is 0 Å². The molecule has 0 atom stereocenters. The smallest absolute Gasteiger partial charge is 0.00199 e. The van der Waals surface area contributed by atoms with Crippen molar-refractivity contribution < 1.29 is 0 Å². The maximum Gasteiger partial charge on any atom is -0.00199 e. The Kier molecular flexibility index (Phi) is 9.13. The van der Waals surface area contributed by atoms with Crippen LogP contribution >= 0.6 is 0 Å². The third-order valence-electron chi connectivity index (χ3n) is 12.7. The Morgan fingerprint density at radius 1 is 0.246 bits per heavy atom. The molecule has 0 unspecified atom stereocenters. The molecule has 0 aliphatic carbocycles. The maximum atomic E-state index is 2.44. The van der Waals surface area contributed by atoms with Crippen molar-refractivity contribution in [3.63, 3.8) is 0 Å². The lowest BCUT2D eigenvalue weighted by molar-refractivity contribution is 0.867. The molecule has 0 fully saturated rings. The molecule has 0 aliphatic heterocycles. The molecule has 0 heteroatoms. The summed E-state index contributed by atoms with van der Waals surface area (Å²) in [5.41, 5.74) is 16.1. The molecule has 0 spiro atoms. The summed E-state index contributed by atoms with van der Waals surface area (Å²) >= 11 is 0. The minimum atomic E-state index is 0.442. The van der Waals surface area contributed by atoms with E-state index in [-0.39, 0.29) is 0 Å². The van der Waals surface area contributed by atoms with E-state index in [1.54, 1.807) is 0 Å². The summed E-state index contributed by atoms with van der Waals surface area (Å²) in [6.45, 7) is 4.55. The zero-order valence-electron chi connectivity index (χ0n) is 34.4. The van der Waals surface area contributed by atoms with E-state index in [4.69, 9.17) is 0 Å². The topological polar surface area (TPSA) is 0 Å². The van der Waals surface area contributed by atoms with Gasteiger partial charge in [-0.05, 0) is 133 Å². The van der Waals surface area contributed by atoms with Gasteiger partial charge >= 0.3 is 0 Å². The molecule has 0 aliphatic rings. The lowest BCUT2D eigenvalue weighted by Gasteiger charge is -2.21. The first-order valence-corrected chi connectivity index (χ1v) is 21.4. The van der Waals surface area contributed by atoms with E-state index in [0.717, 1.165) is 0 Å². The molecular formula is C61H44. The van der Waals surface area contributed by atoms with Gasteiger partial charge in [-0.1, -0.05) is 226 Å². The van der Waals surface area contributed by atoms with Crippen LogP contribution in [0.2, 0.25) is 0 Å². The van der Waals surface area contributed by atoms with Crippen molar-refractivity contribution in [3.8, 4) is 66.8 Å². The van der Waals surface area contributed by atoms with Gasteiger partial charge in [-0.15, -0.1) is 0 Å². The first kappa shape index (κ1) is 36.5. The molecule has 0 heterocycles. The van der Waals surface area contributed by atoms with E-state index >= 15 is 0 Å². The summed E-state index contributed by atoms with van der Waals surface area (Å²) < 4.78 is 0. The first-order valence-electron chi connectivity index (χ1n) is 21.4. The molecule has 11 aromatic rings. The molecule has 0 saturated carbocycles. The second-order valence-electron chi connectivity index (χ2n) is 16.6. The summed E-state index contributed by atoms with van der Waals surface area (Å²) in [6, 6.07) is 83.1. The monoisotopic (exact) mass is 776 g/mol. The second-order valence-corrected chi connectivity index (χ2v) is 16.6. The van der Waals surface area contributed by atoms with E-state index in [1.807, 2.05) is 0 Å². The largest absolute Gasteiger partial charge is 0.0616 e. The summed E-state index contributed by atoms with van der Waals surface area (Å²) in [7, 11) is 0. The van der Waals surface area contributed by atoms with Crippen molar-refractivity contribution in [1.82, 2.24) is 0 Å². The average Bonchev–Trinajstić information content (AvgIpc) is 3.33. The van der Waals surface area contributed by atoms with Gasteiger partial charge in [0, 0.05) is 0 Å². The lowest BCUT2D eigenvalue weighted by atomic mass is 9.82. The Labute approximate surface area is 358 Å². The highest BCUT2D eigenvalue weighted by Crippen LogP contribution is 2.48. The second kappa shape index (κ2) is 15.2. The highest BCUT2D eigenvalue weighted by atomic mass is 14.2. The minimum absolute atomic E-state index is 0.442. The Morgan fingerprint density at radius 2 is 0.689 bits per heavy atom. The minimum Gasteiger partial charge on any atom is -0.0616 e. The number of rotatable bonds is 7. The van der Waals surface area contributed by atoms with Gasteiger partial charge in [0.15, 0.2) is 0 Å². The Bertz CT molecular complexity index is 3370. The standard InChI is InChI=1S/C61H44/c1-40(2)45-19-11-22-49(37-45)60-55-25-7-9-27-57(55)61(58-28-10-8-26-56(58)60)59-39-47(35-36-54(59)53-30-14-18-44-16-4-6-24-51(44)53)42-33-31-41(32-34-42)46-20-12-21-48(38-46)52-29-13-17-43-15-3-5-23-50(43)52/h3-40H,1-2H3. The highest BCUT2D eigenvalue weighted by molar-refractivity contribution is 6.23. The van der Waals surface area contributed by atoms with Crippen molar-refractivity contribution in [2.24, 2.45) is 0 Å². The van der Waals surface area contributed by atoms with Crippen molar-refractivity contribution in [1.29, 1.82) is 0 Å². The van der Waals surface area contributed by atoms with E-state index in [1.165, 1.54) is 115 Å². The van der Waals surface area contributed by atoms with Crippen molar-refractivity contribution >= 4 is 43.1 Å². The van der Waals surface area contributed by atoms with E-state index in [0.29, 0.717) is 5.92 Å². The van der Waals surface area contributed by atoms with Gasteiger partial charge in [0.05, 0.1) is 0 Å². The molecule has 0 N–H and O–H groups in total. The third kappa shape index (κ3) is 6.49. The fourth-order valence-corrected chi connectivity index (χ4v) is 9.61. The van der Waals surface area contributed by atoms with Gasteiger partial charge in [0.1, 0.15) is 0 Å². The van der Waals surface area contributed by atoms with Crippen LogP contribution in [0.4, 0.5) is 0 Å². The molecule has 11 rings (SSSR count). The Hall–Kier alpha value is -7.54.